The average Bonchev–Trinajstić information content (AvgIpc) is 3.20. The zero-order valence-electron chi connectivity index (χ0n) is 15.2. The molecule has 1 heterocycles. The van der Waals surface area contributed by atoms with E-state index in [2.05, 4.69) is 5.32 Å². The van der Waals surface area contributed by atoms with Crippen LogP contribution in [-0.2, 0) is 26.0 Å². The number of sulfonamides is 1. The topological polar surface area (TPSA) is 104 Å². The standard InChI is InChI=1S/C20H22N2O5S/c23-19(21-17(20(24)25)14-15-8-3-1-4-9-15)18-12-7-13-22(18)28(26,27)16-10-5-2-6-11-16/h1-6,8-11,17-18H,7,12-14H2,(H,21,23)(H,24,25)/t17-,18-/m0/s1. The molecule has 1 fully saturated rings. The van der Waals surface area contributed by atoms with Gasteiger partial charge in [-0.25, -0.2) is 13.2 Å². The number of carbonyl (C=O) groups excluding carboxylic acids is 1. The lowest BCUT2D eigenvalue weighted by Crippen LogP contribution is -2.51. The van der Waals surface area contributed by atoms with Gasteiger partial charge in [0, 0.05) is 13.0 Å². The van der Waals surface area contributed by atoms with Crippen molar-refractivity contribution in [1.82, 2.24) is 9.62 Å². The maximum absolute atomic E-state index is 12.9. The number of rotatable bonds is 7. The number of hydrogen-bond acceptors (Lipinski definition) is 4. The Kier molecular flexibility index (Phi) is 6.11. The number of hydrogen-bond donors (Lipinski definition) is 2. The van der Waals surface area contributed by atoms with Crippen molar-refractivity contribution in [2.24, 2.45) is 0 Å². The molecule has 28 heavy (non-hydrogen) atoms. The Bertz CT molecular complexity index is 932. The van der Waals surface area contributed by atoms with Crippen molar-refractivity contribution in [2.45, 2.75) is 36.2 Å². The summed E-state index contributed by atoms with van der Waals surface area (Å²) in [6.45, 7) is 0.228. The van der Waals surface area contributed by atoms with Crippen molar-refractivity contribution in [2.75, 3.05) is 6.54 Å². The summed E-state index contributed by atoms with van der Waals surface area (Å²) in [7, 11) is -3.82. The van der Waals surface area contributed by atoms with Crippen molar-refractivity contribution >= 4 is 21.9 Å². The molecule has 148 valence electrons. The van der Waals surface area contributed by atoms with Crippen molar-refractivity contribution < 1.29 is 23.1 Å². The number of aliphatic carboxylic acids is 1. The van der Waals surface area contributed by atoms with E-state index in [1.54, 1.807) is 42.5 Å². The molecule has 0 radical (unpaired) electrons. The fourth-order valence-corrected chi connectivity index (χ4v) is 5.01. The predicted octanol–water partition coefficient (Wildman–Crippen LogP) is 1.65. The summed E-state index contributed by atoms with van der Waals surface area (Å²) >= 11 is 0. The Morgan fingerprint density at radius 2 is 1.68 bits per heavy atom. The van der Waals surface area contributed by atoms with Crippen molar-refractivity contribution in [3.8, 4) is 0 Å². The van der Waals surface area contributed by atoms with Crippen LogP contribution < -0.4 is 5.32 Å². The minimum atomic E-state index is -3.82. The largest absolute Gasteiger partial charge is 0.480 e. The second-order valence-corrected chi connectivity index (χ2v) is 8.57. The number of benzene rings is 2. The zero-order valence-corrected chi connectivity index (χ0v) is 16.0. The molecule has 0 unspecified atom stereocenters. The van der Waals surface area contributed by atoms with E-state index in [4.69, 9.17) is 0 Å². The first-order chi connectivity index (χ1) is 13.4. The molecule has 2 aromatic rings. The van der Waals surface area contributed by atoms with Gasteiger partial charge in [-0.05, 0) is 30.5 Å². The third-order valence-corrected chi connectivity index (χ3v) is 6.68. The molecule has 2 aromatic carbocycles. The van der Waals surface area contributed by atoms with Gasteiger partial charge in [-0.1, -0.05) is 48.5 Å². The molecule has 0 bridgehead atoms. The molecule has 7 nitrogen and oxygen atoms in total. The van der Waals surface area contributed by atoms with E-state index >= 15 is 0 Å². The number of carbonyl (C=O) groups is 2. The highest BCUT2D eigenvalue weighted by molar-refractivity contribution is 7.89. The Morgan fingerprint density at radius 3 is 2.29 bits per heavy atom. The molecule has 1 saturated heterocycles. The summed E-state index contributed by atoms with van der Waals surface area (Å²) in [5.41, 5.74) is 0.774. The Hall–Kier alpha value is -2.71. The molecule has 1 aliphatic heterocycles. The molecule has 2 atom stereocenters. The molecule has 0 saturated carbocycles. The second-order valence-electron chi connectivity index (χ2n) is 6.68. The molecular weight excluding hydrogens is 380 g/mol. The van der Waals surface area contributed by atoms with E-state index in [9.17, 15) is 23.1 Å². The quantitative estimate of drug-likeness (QED) is 0.733. The molecule has 2 N–H and O–H groups in total. The fourth-order valence-electron chi connectivity index (χ4n) is 3.34. The number of carboxylic acid groups (broad SMARTS) is 1. The molecule has 0 spiro atoms. The highest BCUT2D eigenvalue weighted by Gasteiger charge is 2.40. The minimum absolute atomic E-state index is 0.119. The minimum Gasteiger partial charge on any atom is -0.480 e. The van der Waals surface area contributed by atoms with Crippen LogP contribution in [0.5, 0.6) is 0 Å². The van der Waals surface area contributed by atoms with Crippen LogP contribution in [0, 0.1) is 0 Å². The van der Waals surface area contributed by atoms with Gasteiger partial charge in [-0.3, -0.25) is 4.79 Å². The first-order valence-electron chi connectivity index (χ1n) is 9.03. The van der Waals surface area contributed by atoms with Gasteiger partial charge in [0.05, 0.1) is 4.90 Å². The molecular formula is C20H22N2O5S. The molecule has 0 aliphatic carbocycles. The van der Waals surface area contributed by atoms with Gasteiger partial charge in [-0.2, -0.15) is 4.31 Å². The number of amides is 1. The van der Waals surface area contributed by atoms with Crippen molar-refractivity contribution in [1.29, 1.82) is 0 Å². The third-order valence-electron chi connectivity index (χ3n) is 4.75. The maximum atomic E-state index is 12.9. The Morgan fingerprint density at radius 1 is 1.07 bits per heavy atom. The first-order valence-corrected chi connectivity index (χ1v) is 10.5. The van der Waals surface area contributed by atoms with Crippen LogP contribution in [0.4, 0.5) is 0 Å². The van der Waals surface area contributed by atoms with Crippen LogP contribution in [0.25, 0.3) is 0 Å². The monoisotopic (exact) mass is 402 g/mol. The summed E-state index contributed by atoms with van der Waals surface area (Å²) in [4.78, 5) is 24.5. The van der Waals surface area contributed by atoms with Gasteiger partial charge >= 0.3 is 5.97 Å². The Labute approximate surface area is 164 Å². The first kappa shape index (κ1) is 20.0. The van der Waals surface area contributed by atoms with E-state index in [0.717, 1.165) is 5.56 Å². The zero-order chi connectivity index (χ0) is 20.1. The summed E-state index contributed by atoms with van der Waals surface area (Å²) < 4.78 is 26.9. The Balaban J connectivity index is 1.76. The van der Waals surface area contributed by atoms with E-state index in [0.29, 0.717) is 12.8 Å². The summed E-state index contributed by atoms with van der Waals surface area (Å²) in [6.07, 6.45) is 1.02. The van der Waals surface area contributed by atoms with Crippen LogP contribution in [-0.4, -0.2) is 48.3 Å². The maximum Gasteiger partial charge on any atom is 0.326 e. The molecule has 1 aliphatic rings. The van der Waals surface area contributed by atoms with Gasteiger partial charge < -0.3 is 10.4 Å². The number of nitrogens with zero attached hydrogens (tertiary/aromatic N) is 1. The smallest absolute Gasteiger partial charge is 0.326 e. The highest BCUT2D eigenvalue weighted by atomic mass is 32.2. The third kappa shape index (κ3) is 4.40. The van der Waals surface area contributed by atoms with Gasteiger partial charge in [0.25, 0.3) is 0 Å². The van der Waals surface area contributed by atoms with Gasteiger partial charge in [0.15, 0.2) is 0 Å². The summed E-state index contributed by atoms with van der Waals surface area (Å²) in [6, 6.07) is 14.9. The summed E-state index contributed by atoms with van der Waals surface area (Å²) in [5, 5.41) is 12.0. The van der Waals surface area contributed by atoms with Gasteiger partial charge in [0.2, 0.25) is 15.9 Å². The second kappa shape index (κ2) is 8.53. The molecule has 3 rings (SSSR count). The molecule has 0 aromatic heterocycles. The van der Waals surface area contributed by atoms with Crippen LogP contribution in [0.3, 0.4) is 0 Å². The normalized spacial score (nSPS) is 18.5. The van der Waals surface area contributed by atoms with E-state index in [-0.39, 0.29) is 17.9 Å². The van der Waals surface area contributed by atoms with Gasteiger partial charge in [-0.15, -0.1) is 0 Å². The fraction of sp³-hybridized carbons (Fsp3) is 0.300. The SMILES string of the molecule is O=C(O)[C@H](Cc1ccccc1)NC(=O)[C@@H]1CCCN1S(=O)(=O)c1ccccc1. The van der Waals surface area contributed by atoms with Crippen molar-refractivity contribution in [3.05, 3.63) is 66.2 Å². The highest BCUT2D eigenvalue weighted by Crippen LogP contribution is 2.26. The van der Waals surface area contributed by atoms with Gasteiger partial charge in [0.1, 0.15) is 12.1 Å². The number of nitrogens with one attached hydrogen (secondary N) is 1. The molecule has 8 heteroatoms. The lowest BCUT2D eigenvalue weighted by molar-refractivity contribution is -0.142. The van der Waals surface area contributed by atoms with Crippen LogP contribution in [0.1, 0.15) is 18.4 Å². The predicted molar refractivity (Wildman–Crippen MR) is 103 cm³/mol. The average molecular weight is 402 g/mol. The van der Waals surface area contributed by atoms with E-state index in [1.165, 1.54) is 16.4 Å². The van der Waals surface area contributed by atoms with Crippen LogP contribution in [0.15, 0.2) is 65.6 Å². The number of carboxylic acids is 1. The van der Waals surface area contributed by atoms with Crippen LogP contribution >= 0.6 is 0 Å². The molecule has 1 amide bonds. The van der Waals surface area contributed by atoms with E-state index < -0.39 is 34.0 Å². The summed E-state index contributed by atoms with van der Waals surface area (Å²) in [5.74, 6) is -1.74. The van der Waals surface area contributed by atoms with Crippen LogP contribution in [0.2, 0.25) is 0 Å². The van der Waals surface area contributed by atoms with E-state index in [1.807, 2.05) is 6.07 Å². The lowest BCUT2D eigenvalue weighted by atomic mass is 10.1. The van der Waals surface area contributed by atoms with Crippen molar-refractivity contribution in [3.63, 3.8) is 0 Å². The lowest BCUT2D eigenvalue weighted by Gasteiger charge is -2.25.